The summed E-state index contributed by atoms with van der Waals surface area (Å²) in [6.45, 7) is 7.76. The second-order valence-corrected chi connectivity index (χ2v) is 16.4. The van der Waals surface area contributed by atoms with Crippen LogP contribution in [0.1, 0.15) is 96.7 Å². The van der Waals surface area contributed by atoms with Gasteiger partial charge in [0.15, 0.2) is 17.6 Å². The number of fused-ring (bicyclic) bond motifs is 2. The molecule has 2 N–H and O–H groups in total. The van der Waals surface area contributed by atoms with Crippen molar-refractivity contribution in [3.8, 4) is 28.4 Å². The van der Waals surface area contributed by atoms with Gasteiger partial charge < -0.3 is 24.6 Å². The highest BCUT2D eigenvalue weighted by molar-refractivity contribution is 5.87. The van der Waals surface area contributed by atoms with Crippen molar-refractivity contribution in [2.24, 2.45) is 5.92 Å². The summed E-state index contributed by atoms with van der Waals surface area (Å²) in [4.78, 5) is 33.7. The molecule has 306 valence electrons. The molecule has 1 amide bonds. The van der Waals surface area contributed by atoms with Gasteiger partial charge in [0, 0.05) is 30.9 Å². The fourth-order valence-corrected chi connectivity index (χ4v) is 9.14. The van der Waals surface area contributed by atoms with Gasteiger partial charge in [-0.05, 0) is 114 Å². The average molecular weight is 794 g/mol. The third-order valence-electron chi connectivity index (χ3n) is 12.7. The molecule has 0 radical (unpaired) electrons. The number of nitrogens with one attached hydrogen (secondary N) is 1. The van der Waals surface area contributed by atoms with Crippen LogP contribution in [0, 0.1) is 19.8 Å². The predicted octanol–water partition coefficient (Wildman–Crippen LogP) is 9.53. The molecule has 9 heteroatoms. The van der Waals surface area contributed by atoms with Crippen molar-refractivity contribution in [2.75, 3.05) is 13.2 Å². The molecule has 2 aliphatic heterocycles. The summed E-state index contributed by atoms with van der Waals surface area (Å²) < 4.78 is 19.0. The normalized spacial score (nSPS) is 18.8. The molecule has 8 rings (SSSR count). The first-order valence-electron chi connectivity index (χ1n) is 21.3. The Bertz CT molecular complexity index is 2240. The van der Waals surface area contributed by atoms with E-state index in [4.69, 9.17) is 14.2 Å². The number of rotatable bonds is 14. The van der Waals surface area contributed by atoms with E-state index in [9.17, 15) is 14.7 Å². The van der Waals surface area contributed by atoms with Gasteiger partial charge in [0.05, 0.1) is 12.6 Å². The minimum absolute atomic E-state index is 0.0731. The van der Waals surface area contributed by atoms with Gasteiger partial charge in [0.25, 0.3) is 0 Å². The van der Waals surface area contributed by atoms with E-state index in [1.165, 1.54) is 25.7 Å². The molecule has 1 aliphatic carbocycles. The first kappa shape index (κ1) is 40.1. The summed E-state index contributed by atoms with van der Waals surface area (Å²) in [5.74, 6) is 1.62. The molecule has 0 bridgehead atoms. The standard InChI is InChI=1S/C50H55N3O6/c1-4-44(37-12-6-5-7-13-37)53-30-40-29-47-46(58-31-48(59-47)38-18-20-41(21-19-38)57-25-23-34-10-8-9-11-34)28-39(40)27-45(53)49(54)52-43(50(55)56)26-35-14-16-36(17-15-35)42-22-24-51-33(3)32(42)2/h5-7,12-22,24,28-29,34,43-45,48H,4,8-11,23,25-27,30-31H2,1-3H3,(H,52,54)(H,55,56)/t43?,44-,45-,48+/m0/s1. The molecule has 3 heterocycles. The number of nitrogens with zero attached hydrogens (tertiary/aromatic N) is 2. The van der Waals surface area contributed by atoms with E-state index >= 15 is 0 Å². The number of hydrogen-bond donors (Lipinski definition) is 2. The monoisotopic (exact) mass is 793 g/mol. The van der Waals surface area contributed by atoms with E-state index in [2.05, 4.69) is 59.4 Å². The number of carboxylic acids is 1. The third kappa shape index (κ3) is 9.15. The molecule has 4 aromatic carbocycles. The lowest BCUT2D eigenvalue weighted by Crippen LogP contribution is -2.55. The van der Waals surface area contributed by atoms with E-state index in [0.717, 1.165) is 81.3 Å². The maximum atomic E-state index is 14.4. The number of amides is 1. The number of aromatic nitrogens is 1. The van der Waals surface area contributed by atoms with Gasteiger partial charge in [-0.1, -0.05) is 99.3 Å². The Morgan fingerprint density at radius 3 is 2.41 bits per heavy atom. The summed E-state index contributed by atoms with van der Waals surface area (Å²) in [7, 11) is 0. The summed E-state index contributed by atoms with van der Waals surface area (Å²) in [6.07, 6.45) is 9.30. The number of pyridine rings is 1. The molecule has 59 heavy (non-hydrogen) atoms. The summed E-state index contributed by atoms with van der Waals surface area (Å²) >= 11 is 0. The lowest BCUT2D eigenvalue weighted by molar-refractivity contribution is -0.143. The Morgan fingerprint density at radius 2 is 1.68 bits per heavy atom. The largest absolute Gasteiger partial charge is 0.494 e. The van der Waals surface area contributed by atoms with Crippen molar-refractivity contribution in [3.63, 3.8) is 0 Å². The Kier molecular flexibility index (Phi) is 12.3. The first-order valence-corrected chi connectivity index (χ1v) is 21.3. The molecule has 9 nitrogen and oxygen atoms in total. The number of aliphatic carboxylic acids is 1. The van der Waals surface area contributed by atoms with E-state index in [1.807, 2.05) is 73.7 Å². The summed E-state index contributed by atoms with van der Waals surface area (Å²) in [6, 6.07) is 30.5. The number of aryl methyl sites for hydroxylation is 1. The van der Waals surface area contributed by atoms with E-state index < -0.39 is 18.1 Å². The van der Waals surface area contributed by atoms with Gasteiger partial charge in [0.1, 0.15) is 18.4 Å². The van der Waals surface area contributed by atoms with E-state index in [-0.39, 0.29) is 24.5 Å². The van der Waals surface area contributed by atoms with Gasteiger partial charge >= 0.3 is 5.97 Å². The molecule has 3 aliphatic rings. The SMILES string of the molecule is CC[C@@H](c1ccccc1)N1Cc2cc3c(cc2C[C@H]1C(=O)NC(Cc1ccc(-c2ccnc(C)c2C)cc1)C(=O)O)OC[C@H](c1ccc(OCCC2CCCC2)cc1)O3. The van der Waals surface area contributed by atoms with Crippen molar-refractivity contribution in [3.05, 3.63) is 142 Å². The Balaban J connectivity index is 0.988. The highest BCUT2D eigenvalue weighted by atomic mass is 16.6. The maximum Gasteiger partial charge on any atom is 0.326 e. The van der Waals surface area contributed by atoms with Crippen LogP contribution >= 0.6 is 0 Å². The zero-order chi connectivity index (χ0) is 40.9. The lowest BCUT2D eigenvalue weighted by atomic mass is 9.89. The molecular weight excluding hydrogens is 739 g/mol. The van der Waals surface area contributed by atoms with Crippen LogP contribution in [0.3, 0.4) is 0 Å². The topological polar surface area (TPSA) is 110 Å². The smallest absolute Gasteiger partial charge is 0.326 e. The number of carbonyl (C=O) groups excluding carboxylic acids is 1. The fourth-order valence-electron chi connectivity index (χ4n) is 9.14. The Morgan fingerprint density at radius 1 is 0.932 bits per heavy atom. The quantitative estimate of drug-likeness (QED) is 0.115. The van der Waals surface area contributed by atoms with Crippen molar-refractivity contribution >= 4 is 11.9 Å². The third-order valence-corrected chi connectivity index (χ3v) is 12.7. The molecule has 1 unspecified atom stereocenters. The highest BCUT2D eigenvalue weighted by Crippen LogP contribution is 2.43. The zero-order valence-corrected chi connectivity index (χ0v) is 34.4. The summed E-state index contributed by atoms with van der Waals surface area (Å²) in [5.41, 5.74) is 9.21. The number of carboxylic acid groups (broad SMARTS) is 1. The number of benzene rings is 4. The molecule has 0 spiro atoms. The van der Waals surface area contributed by atoms with E-state index in [0.29, 0.717) is 31.1 Å². The fraction of sp³-hybridized carbons (Fsp3) is 0.380. The number of carbonyl (C=O) groups is 2. The van der Waals surface area contributed by atoms with Gasteiger partial charge in [-0.3, -0.25) is 14.7 Å². The Labute approximate surface area is 347 Å². The maximum absolute atomic E-state index is 14.4. The molecular formula is C50H55N3O6. The highest BCUT2D eigenvalue weighted by Gasteiger charge is 2.39. The van der Waals surface area contributed by atoms with Crippen LogP contribution in [0.5, 0.6) is 17.2 Å². The molecule has 1 aromatic heterocycles. The van der Waals surface area contributed by atoms with Crippen molar-refractivity contribution in [1.82, 2.24) is 15.2 Å². The van der Waals surface area contributed by atoms with Crippen LogP contribution in [-0.4, -0.2) is 52.2 Å². The Hall–Kier alpha value is -5.67. The van der Waals surface area contributed by atoms with Crippen molar-refractivity contribution in [2.45, 2.75) is 103 Å². The molecule has 1 fully saturated rings. The van der Waals surface area contributed by atoms with E-state index in [1.54, 1.807) is 6.20 Å². The molecule has 4 atom stereocenters. The molecule has 5 aromatic rings. The summed E-state index contributed by atoms with van der Waals surface area (Å²) in [5, 5.41) is 13.3. The van der Waals surface area contributed by atoms with Gasteiger partial charge in [-0.2, -0.15) is 0 Å². The van der Waals surface area contributed by atoms with Crippen LogP contribution in [-0.2, 0) is 29.0 Å². The van der Waals surface area contributed by atoms with Gasteiger partial charge in [-0.15, -0.1) is 0 Å². The van der Waals surface area contributed by atoms with Crippen LogP contribution in [0.2, 0.25) is 0 Å². The molecule has 0 saturated heterocycles. The first-order chi connectivity index (χ1) is 28.7. The second-order valence-electron chi connectivity index (χ2n) is 16.4. The predicted molar refractivity (Wildman–Crippen MR) is 229 cm³/mol. The van der Waals surface area contributed by atoms with Crippen LogP contribution in [0.4, 0.5) is 0 Å². The van der Waals surface area contributed by atoms with Crippen LogP contribution in [0.15, 0.2) is 103 Å². The minimum atomic E-state index is -1.10. The number of ether oxygens (including phenoxy) is 3. The molecule has 1 saturated carbocycles. The second kappa shape index (κ2) is 18.1. The average Bonchev–Trinajstić information content (AvgIpc) is 3.78. The van der Waals surface area contributed by atoms with Crippen molar-refractivity contribution < 1.29 is 28.9 Å². The lowest BCUT2D eigenvalue weighted by Gasteiger charge is -2.42. The minimum Gasteiger partial charge on any atom is -0.494 e. The number of hydrogen-bond acceptors (Lipinski definition) is 7. The van der Waals surface area contributed by atoms with Crippen molar-refractivity contribution in [1.29, 1.82) is 0 Å². The van der Waals surface area contributed by atoms with Gasteiger partial charge in [-0.25, -0.2) is 4.79 Å². The van der Waals surface area contributed by atoms with Gasteiger partial charge in [0.2, 0.25) is 5.91 Å². The zero-order valence-electron chi connectivity index (χ0n) is 34.4. The van der Waals surface area contributed by atoms with Crippen LogP contribution < -0.4 is 19.5 Å². The van der Waals surface area contributed by atoms with Crippen LogP contribution in [0.25, 0.3) is 11.1 Å².